The Morgan fingerprint density at radius 3 is 2.57 bits per heavy atom. The molecule has 5 N–H and O–H groups in total. The molecular formula is C14H17N7. The molecule has 0 aliphatic heterocycles. The maximum absolute atomic E-state index is 6.09. The van der Waals surface area contributed by atoms with Crippen LogP contribution in [-0.2, 0) is 0 Å². The molecule has 3 rings (SSSR count). The van der Waals surface area contributed by atoms with Crippen LogP contribution < -0.4 is 16.8 Å². The standard InChI is InChI=1S/C14H17N7/c1-7-6-9(15)4-5-10(7)21-12-11(8(2)20-21)18-14(17-3)19-13(12)16/h4-6H,15H2,1-3H3,(H3,16,17,18,19). The van der Waals surface area contributed by atoms with Crippen molar-refractivity contribution in [2.24, 2.45) is 0 Å². The van der Waals surface area contributed by atoms with E-state index in [1.807, 2.05) is 32.0 Å². The predicted octanol–water partition coefficient (Wildman–Crippen LogP) is 1.64. The number of nitrogens with zero attached hydrogens (tertiary/aromatic N) is 4. The normalized spacial score (nSPS) is 11.0. The first-order valence-electron chi connectivity index (χ1n) is 6.58. The topological polar surface area (TPSA) is 108 Å². The van der Waals surface area contributed by atoms with Gasteiger partial charge in [0.05, 0.1) is 11.4 Å². The SMILES string of the molecule is CNc1nc(N)c2c(n1)c(C)nn2-c1ccc(N)cc1C. The molecule has 0 bridgehead atoms. The first kappa shape index (κ1) is 13.2. The van der Waals surface area contributed by atoms with Gasteiger partial charge < -0.3 is 16.8 Å². The summed E-state index contributed by atoms with van der Waals surface area (Å²) in [7, 11) is 1.75. The van der Waals surface area contributed by atoms with Crippen LogP contribution in [0.15, 0.2) is 18.2 Å². The van der Waals surface area contributed by atoms with Crippen LogP contribution in [0.25, 0.3) is 16.7 Å². The number of nitrogens with two attached hydrogens (primary N) is 2. The summed E-state index contributed by atoms with van der Waals surface area (Å²) in [6, 6.07) is 5.66. The number of anilines is 3. The lowest BCUT2D eigenvalue weighted by Crippen LogP contribution is -2.05. The summed E-state index contributed by atoms with van der Waals surface area (Å²) in [5.41, 5.74) is 16.8. The van der Waals surface area contributed by atoms with E-state index in [-0.39, 0.29) is 0 Å². The van der Waals surface area contributed by atoms with Crippen molar-refractivity contribution in [2.45, 2.75) is 13.8 Å². The molecule has 0 atom stereocenters. The Bertz CT molecular complexity index is 835. The first-order chi connectivity index (χ1) is 10.0. The van der Waals surface area contributed by atoms with Crippen LogP contribution in [0.5, 0.6) is 0 Å². The summed E-state index contributed by atoms with van der Waals surface area (Å²) in [4.78, 5) is 8.67. The molecule has 108 valence electrons. The van der Waals surface area contributed by atoms with Crippen LogP contribution in [0.4, 0.5) is 17.5 Å². The van der Waals surface area contributed by atoms with Crippen molar-refractivity contribution in [1.29, 1.82) is 0 Å². The Kier molecular flexibility index (Phi) is 2.90. The minimum atomic E-state index is 0.390. The van der Waals surface area contributed by atoms with E-state index in [0.717, 1.165) is 22.5 Å². The maximum atomic E-state index is 6.09. The van der Waals surface area contributed by atoms with Gasteiger partial charge in [0.2, 0.25) is 5.95 Å². The minimum absolute atomic E-state index is 0.390. The first-order valence-corrected chi connectivity index (χ1v) is 6.58. The van der Waals surface area contributed by atoms with Gasteiger partial charge in [0.25, 0.3) is 0 Å². The number of hydrogen-bond acceptors (Lipinski definition) is 6. The molecule has 0 fully saturated rings. The summed E-state index contributed by atoms with van der Waals surface area (Å²) >= 11 is 0. The van der Waals surface area contributed by atoms with Crippen molar-refractivity contribution < 1.29 is 0 Å². The Morgan fingerprint density at radius 1 is 1.14 bits per heavy atom. The fourth-order valence-corrected chi connectivity index (χ4v) is 2.38. The monoisotopic (exact) mass is 283 g/mol. The van der Waals surface area contributed by atoms with Gasteiger partial charge in [0.1, 0.15) is 11.0 Å². The van der Waals surface area contributed by atoms with Crippen molar-refractivity contribution >= 4 is 28.5 Å². The van der Waals surface area contributed by atoms with Crippen LogP contribution in [0, 0.1) is 13.8 Å². The number of aryl methyl sites for hydroxylation is 2. The Balaban J connectivity index is 2.33. The quantitative estimate of drug-likeness (QED) is 0.617. The van der Waals surface area contributed by atoms with Crippen molar-refractivity contribution in [1.82, 2.24) is 19.7 Å². The van der Waals surface area contributed by atoms with Crippen molar-refractivity contribution in [3.8, 4) is 5.69 Å². The molecule has 7 heteroatoms. The largest absolute Gasteiger partial charge is 0.399 e. The third-order valence-corrected chi connectivity index (χ3v) is 3.39. The summed E-state index contributed by atoms with van der Waals surface area (Å²) in [5.74, 6) is 0.873. The van der Waals surface area contributed by atoms with Crippen molar-refractivity contribution in [3.05, 3.63) is 29.5 Å². The van der Waals surface area contributed by atoms with Crippen LogP contribution in [-0.4, -0.2) is 26.8 Å². The Morgan fingerprint density at radius 2 is 1.90 bits per heavy atom. The highest BCUT2D eigenvalue weighted by Crippen LogP contribution is 2.27. The smallest absolute Gasteiger partial charge is 0.225 e. The van der Waals surface area contributed by atoms with E-state index in [4.69, 9.17) is 11.5 Å². The van der Waals surface area contributed by atoms with Crippen LogP contribution in [0.2, 0.25) is 0 Å². The molecule has 21 heavy (non-hydrogen) atoms. The molecule has 0 aliphatic rings. The van der Waals surface area contributed by atoms with Gasteiger partial charge in [-0.3, -0.25) is 0 Å². The molecule has 3 aromatic rings. The third kappa shape index (κ3) is 2.03. The van der Waals surface area contributed by atoms with Gasteiger partial charge in [-0.05, 0) is 37.6 Å². The fraction of sp³-hybridized carbons (Fsp3) is 0.214. The second-order valence-electron chi connectivity index (χ2n) is 4.92. The zero-order chi connectivity index (χ0) is 15.1. The van der Waals surface area contributed by atoms with E-state index in [2.05, 4.69) is 20.4 Å². The molecule has 0 saturated carbocycles. The number of nitrogen functional groups attached to an aromatic ring is 2. The number of hydrogen-bond donors (Lipinski definition) is 3. The highest BCUT2D eigenvalue weighted by molar-refractivity contribution is 5.89. The summed E-state index contributed by atoms with van der Waals surface area (Å²) < 4.78 is 1.77. The van der Waals surface area contributed by atoms with Gasteiger partial charge in [-0.15, -0.1) is 0 Å². The molecule has 2 aromatic heterocycles. The number of nitrogens with one attached hydrogen (secondary N) is 1. The van der Waals surface area contributed by atoms with Crippen molar-refractivity contribution in [3.63, 3.8) is 0 Å². The molecule has 0 spiro atoms. The zero-order valence-corrected chi connectivity index (χ0v) is 12.2. The number of fused-ring (bicyclic) bond motifs is 1. The lowest BCUT2D eigenvalue weighted by atomic mass is 10.2. The zero-order valence-electron chi connectivity index (χ0n) is 12.2. The van der Waals surface area contributed by atoms with Gasteiger partial charge in [-0.1, -0.05) is 0 Å². The maximum Gasteiger partial charge on any atom is 0.225 e. The molecular weight excluding hydrogens is 266 g/mol. The molecule has 7 nitrogen and oxygen atoms in total. The summed E-state index contributed by atoms with van der Waals surface area (Å²) in [6.07, 6.45) is 0. The average Bonchev–Trinajstić information content (AvgIpc) is 2.76. The van der Waals surface area contributed by atoms with E-state index in [1.54, 1.807) is 11.7 Å². The van der Waals surface area contributed by atoms with E-state index in [0.29, 0.717) is 23.0 Å². The molecule has 0 saturated heterocycles. The van der Waals surface area contributed by atoms with Gasteiger partial charge in [0.15, 0.2) is 5.82 Å². The summed E-state index contributed by atoms with van der Waals surface area (Å²) in [5, 5.41) is 7.45. The fourth-order valence-electron chi connectivity index (χ4n) is 2.38. The number of aromatic nitrogens is 4. The molecule has 0 amide bonds. The Hall–Kier alpha value is -2.83. The van der Waals surface area contributed by atoms with Gasteiger partial charge in [0, 0.05) is 12.7 Å². The van der Waals surface area contributed by atoms with Gasteiger partial charge in [-0.25, -0.2) is 9.67 Å². The molecule has 2 heterocycles. The average molecular weight is 283 g/mol. The van der Waals surface area contributed by atoms with Gasteiger partial charge >= 0.3 is 0 Å². The highest BCUT2D eigenvalue weighted by Gasteiger charge is 2.16. The molecule has 1 aromatic carbocycles. The molecule has 0 unspecified atom stereocenters. The minimum Gasteiger partial charge on any atom is -0.399 e. The lowest BCUT2D eigenvalue weighted by molar-refractivity contribution is 0.881. The van der Waals surface area contributed by atoms with Crippen molar-refractivity contribution in [2.75, 3.05) is 23.8 Å². The summed E-state index contributed by atoms with van der Waals surface area (Å²) in [6.45, 7) is 3.88. The predicted molar refractivity (Wildman–Crippen MR) is 84.5 cm³/mol. The van der Waals surface area contributed by atoms with E-state index in [1.165, 1.54) is 0 Å². The van der Waals surface area contributed by atoms with Gasteiger partial charge in [-0.2, -0.15) is 10.1 Å². The second-order valence-corrected chi connectivity index (χ2v) is 4.92. The van der Waals surface area contributed by atoms with E-state index in [9.17, 15) is 0 Å². The molecule has 0 aliphatic carbocycles. The number of benzene rings is 1. The highest BCUT2D eigenvalue weighted by atomic mass is 15.3. The van der Waals surface area contributed by atoms with E-state index < -0.39 is 0 Å². The van der Waals surface area contributed by atoms with Crippen LogP contribution >= 0.6 is 0 Å². The second kappa shape index (κ2) is 4.62. The van der Waals surface area contributed by atoms with Crippen LogP contribution in [0.3, 0.4) is 0 Å². The Labute approximate surface area is 122 Å². The van der Waals surface area contributed by atoms with E-state index >= 15 is 0 Å². The molecule has 0 radical (unpaired) electrons. The lowest BCUT2D eigenvalue weighted by Gasteiger charge is -2.09. The van der Waals surface area contributed by atoms with Crippen LogP contribution in [0.1, 0.15) is 11.3 Å². The number of rotatable bonds is 2. The third-order valence-electron chi connectivity index (χ3n) is 3.39.